The van der Waals surface area contributed by atoms with Gasteiger partial charge in [0.25, 0.3) is 0 Å². The third kappa shape index (κ3) is 5.13. The highest BCUT2D eigenvalue weighted by atomic mass is 35.5. The highest BCUT2D eigenvalue weighted by molar-refractivity contribution is 7.07. The molecule has 0 radical (unpaired) electrons. The topological polar surface area (TPSA) is 38.9 Å². The van der Waals surface area contributed by atoms with Gasteiger partial charge >= 0.3 is 0 Å². The van der Waals surface area contributed by atoms with Crippen molar-refractivity contribution in [3.05, 3.63) is 99.6 Å². The molecule has 0 unspecified atom stereocenters. The van der Waals surface area contributed by atoms with E-state index in [4.69, 9.17) is 26.4 Å². The first-order chi connectivity index (χ1) is 15.1. The second kappa shape index (κ2) is 9.77. The number of hydrogen-bond acceptors (Lipinski definition) is 4. The summed E-state index contributed by atoms with van der Waals surface area (Å²) in [6, 6.07) is 25.6. The average molecular weight is 448 g/mol. The number of para-hydroxylation sites is 1. The molecule has 4 aromatic rings. The molecule has 0 saturated carbocycles. The number of nitrogens with zero attached hydrogens (tertiary/aromatic N) is 3. The lowest BCUT2D eigenvalue weighted by atomic mass is 10.1. The monoisotopic (exact) mass is 447 g/mol. The molecule has 4 nitrogen and oxygen atoms in total. The molecule has 0 atom stereocenters. The van der Waals surface area contributed by atoms with E-state index in [1.165, 1.54) is 0 Å². The van der Waals surface area contributed by atoms with Crippen LogP contribution in [0.2, 0.25) is 5.02 Å². The van der Waals surface area contributed by atoms with Crippen molar-refractivity contribution in [1.82, 2.24) is 4.68 Å². The maximum atomic E-state index is 6.05. The van der Waals surface area contributed by atoms with E-state index < -0.39 is 0 Å². The zero-order chi connectivity index (χ0) is 21.6. The fourth-order valence-electron chi connectivity index (χ4n) is 3.07. The molecule has 0 spiro atoms. The molecule has 0 N–H and O–H groups in total. The van der Waals surface area contributed by atoms with Crippen LogP contribution in [0.3, 0.4) is 0 Å². The molecule has 0 bridgehead atoms. The largest absolute Gasteiger partial charge is 0.494 e. The first-order valence-electron chi connectivity index (χ1n) is 9.99. The summed E-state index contributed by atoms with van der Waals surface area (Å²) in [6.07, 6.45) is 0. The summed E-state index contributed by atoms with van der Waals surface area (Å²) in [4.78, 5) is 5.62. The van der Waals surface area contributed by atoms with Gasteiger partial charge in [0.15, 0.2) is 0 Å². The van der Waals surface area contributed by atoms with Crippen LogP contribution < -0.4 is 9.54 Å². The average Bonchev–Trinajstić information content (AvgIpc) is 3.17. The van der Waals surface area contributed by atoms with E-state index in [1.54, 1.807) is 11.3 Å². The summed E-state index contributed by atoms with van der Waals surface area (Å²) in [6.45, 7) is 4.61. The van der Waals surface area contributed by atoms with E-state index >= 15 is 0 Å². The minimum Gasteiger partial charge on any atom is -0.494 e. The highest BCUT2D eigenvalue weighted by Gasteiger charge is 2.10. The van der Waals surface area contributed by atoms with E-state index in [1.807, 2.05) is 97.4 Å². The third-order valence-corrected chi connectivity index (χ3v) is 5.71. The molecule has 0 aliphatic heterocycles. The Kier molecular flexibility index (Phi) is 6.65. The van der Waals surface area contributed by atoms with E-state index in [-0.39, 0.29) is 0 Å². The maximum Gasteiger partial charge on any atom is 0.211 e. The van der Waals surface area contributed by atoms with Gasteiger partial charge in [-0.15, -0.1) is 11.3 Å². The smallest absolute Gasteiger partial charge is 0.211 e. The van der Waals surface area contributed by atoms with Gasteiger partial charge in [-0.05, 0) is 67.9 Å². The number of ether oxygens (including phenoxy) is 1. The first kappa shape index (κ1) is 21.1. The van der Waals surface area contributed by atoms with Crippen LogP contribution in [0.15, 0.2) is 94.3 Å². The molecule has 31 heavy (non-hydrogen) atoms. The standard InChI is InChI=1S/C25H22ClN3OS/c1-3-30-23-15-11-20(12-16-23)24-17-31-25(27-22-7-5-4-6-8-22)29(24)28-18(2)19-9-13-21(26)14-10-19/h4-17H,3H2,1-2H3. The Morgan fingerprint density at radius 3 is 2.35 bits per heavy atom. The molecular weight excluding hydrogens is 426 g/mol. The molecule has 1 heterocycles. The zero-order valence-electron chi connectivity index (χ0n) is 17.3. The van der Waals surface area contributed by atoms with Gasteiger partial charge in [0.05, 0.1) is 23.7 Å². The van der Waals surface area contributed by atoms with Crippen molar-refractivity contribution >= 4 is 34.3 Å². The molecular formula is C25H22ClN3OS. The first-order valence-corrected chi connectivity index (χ1v) is 11.2. The van der Waals surface area contributed by atoms with Crippen molar-refractivity contribution in [1.29, 1.82) is 0 Å². The maximum absolute atomic E-state index is 6.05. The van der Waals surface area contributed by atoms with Crippen molar-refractivity contribution in [2.24, 2.45) is 10.1 Å². The number of thiazole rings is 1. The summed E-state index contributed by atoms with van der Waals surface area (Å²) in [5.74, 6) is 0.850. The van der Waals surface area contributed by atoms with Gasteiger partial charge in [0, 0.05) is 16.0 Å². The van der Waals surface area contributed by atoms with E-state index in [2.05, 4.69) is 5.38 Å². The summed E-state index contributed by atoms with van der Waals surface area (Å²) < 4.78 is 7.48. The Morgan fingerprint density at radius 2 is 1.68 bits per heavy atom. The SMILES string of the molecule is CCOc1ccc(-c2csc(=Nc3ccccc3)n2N=C(C)c2ccc(Cl)cc2)cc1. The van der Waals surface area contributed by atoms with Crippen molar-refractivity contribution < 1.29 is 4.74 Å². The van der Waals surface area contributed by atoms with Crippen LogP contribution in [0.4, 0.5) is 5.69 Å². The fraction of sp³-hybridized carbons (Fsp3) is 0.120. The fourth-order valence-corrected chi connectivity index (χ4v) is 4.05. The molecule has 0 saturated heterocycles. The molecule has 3 aromatic carbocycles. The summed E-state index contributed by atoms with van der Waals surface area (Å²) in [5.41, 5.74) is 4.77. The number of benzene rings is 3. The zero-order valence-corrected chi connectivity index (χ0v) is 18.9. The Morgan fingerprint density at radius 1 is 0.968 bits per heavy atom. The lowest BCUT2D eigenvalue weighted by molar-refractivity contribution is 0.340. The molecule has 156 valence electrons. The molecule has 1 aromatic heterocycles. The van der Waals surface area contributed by atoms with Crippen LogP contribution in [0.1, 0.15) is 19.4 Å². The summed E-state index contributed by atoms with van der Waals surface area (Å²) >= 11 is 7.60. The highest BCUT2D eigenvalue weighted by Crippen LogP contribution is 2.24. The van der Waals surface area contributed by atoms with Gasteiger partial charge < -0.3 is 4.74 Å². The number of halogens is 1. The molecule has 6 heteroatoms. The normalized spacial score (nSPS) is 12.2. The third-order valence-electron chi connectivity index (χ3n) is 4.64. The van der Waals surface area contributed by atoms with Crippen molar-refractivity contribution in [2.75, 3.05) is 6.61 Å². The van der Waals surface area contributed by atoms with Crippen LogP contribution in [0.25, 0.3) is 11.3 Å². The van der Waals surface area contributed by atoms with E-state index in [0.29, 0.717) is 11.6 Å². The second-order valence-electron chi connectivity index (χ2n) is 6.81. The van der Waals surface area contributed by atoms with Gasteiger partial charge in [0.1, 0.15) is 5.75 Å². The van der Waals surface area contributed by atoms with Crippen LogP contribution >= 0.6 is 22.9 Å². The second-order valence-corrected chi connectivity index (χ2v) is 8.09. The summed E-state index contributed by atoms with van der Waals surface area (Å²) in [5, 5.41) is 7.71. The van der Waals surface area contributed by atoms with Gasteiger partial charge in [-0.1, -0.05) is 41.9 Å². The van der Waals surface area contributed by atoms with Crippen LogP contribution in [-0.2, 0) is 0 Å². The Labute approximate surface area is 190 Å². The van der Waals surface area contributed by atoms with Crippen LogP contribution in [0, 0.1) is 0 Å². The lowest BCUT2D eigenvalue weighted by Crippen LogP contribution is -2.13. The Hall–Kier alpha value is -3.15. The number of hydrogen-bond donors (Lipinski definition) is 0. The van der Waals surface area contributed by atoms with Crippen molar-refractivity contribution in [3.8, 4) is 17.0 Å². The Bertz CT molecular complexity index is 1240. The predicted molar refractivity (Wildman–Crippen MR) is 130 cm³/mol. The minimum atomic E-state index is 0.641. The van der Waals surface area contributed by atoms with Gasteiger partial charge in [-0.25, -0.2) is 9.67 Å². The molecule has 4 rings (SSSR count). The Balaban J connectivity index is 1.83. The van der Waals surface area contributed by atoms with Gasteiger partial charge in [0.2, 0.25) is 4.80 Å². The molecule has 0 aliphatic carbocycles. The lowest BCUT2D eigenvalue weighted by Gasteiger charge is -2.08. The predicted octanol–water partition coefficient (Wildman–Crippen LogP) is 6.77. The van der Waals surface area contributed by atoms with E-state index in [0.717, 1.165) is 38.8 Å². The van der Waals surface area contributed by atoms with Crippen molar-refractivity contribution in [3.63, 3.8) is 0 Å². The van der Waals surface area contributed by atoms with E-state index in [9.17, 15) is 0 Å². The van der Waals surface area contributed by atoms with Gasteiger partial charge in [-0.3, -0.25) is 0 Å². The minimum absolute atomic E-state index is 0.641. The number of rotatable bonds is 6. The number of aromatic nitrogens is 1. The van der Waals surface area contributed by atoms with Crippen LogP contribution in [0.5, 0.6) is 5.75 Å². The van der Waals surface area contributed by atoms with Crippen LogP contribution in [-0.4, -0.2) is 17.0 Å². The molecule has 0 fully saturated rings. The quantitative estimate of drug-likeness (QED) is 0.300. The van der Waals surface area contributed by atoms with Crippen molar-refractivity contribution in [2.45, 2.75) is 13.8 Å². The summed E-state index contributed by atoms with van der Waals surface area (Å²) in [7, 11) is 0. The molecule has 0 amide bonds. The van der Waals surface area contributed by atoms with Gasteiger partial charge in [-0.2, -0.15) is 5.10 Å². The molecule has 0 aliphatic rings.